The van der Waals surface area contributed by atoms with Gasteiger partial charge >= 0.3 is 6.09 Å². The van der Waals surface area contributed by atoms with Crippen molar-refractivity contribution in [2.24, 2.45) is 0 Å². The van der Waals surface area contributed by atoms with Crippen molar-refractivity contribution in [1.82, 2.24) is 4.90 Å². The number of para-hydroxylation sites is 2. The van der Waals surface area contributed by atoms with Gasteiger partial charge in [0.05, 0.1) is 0 Å². The summed E-state index contributed by atoms with van der Waals surface area (Å²) < 4.78 is 25.3. The fourth-order valence-electron chi connectivity index (χ4n) is 2.98. The van der Waals surface area contributed by atoms with Crippen molar-refractivity contribution in [3.8, 4) is 17.2 Å². The molecule has 4 rings (SSSR count). The topological polar surface area (TPSA) is 38.8 Å². The van der Waals surface area contributed by atoms with Crippen LogP contribution in [-0.4, -0.2) is 30.3 Å². The number of rotatable bonds is 5. The van der Waals surface area contributed by atoms with Crippen molar-refractivity contribution in [2.45, 2.75) is 0 Å². The Bertz CT molecular complexity index is 1080. The molecule has 0 fully saturated rings. The van der Waals surface area contributed by atoms with E-state index < -0.39 is 6.09 Å². The number of ether oxygens (including phenoxy) is 2. The van der Waals surface area contributed by atoms with Crippen LogP contribution in [0, 0.1) is 5.82 Å². The fraction of sp³-hybridized carbons (Fsp3) is 0.125. The largest absolute Gasteiger partial charge is 0.456 e. The molecule has 0 bridgehead atoms. The van der Waals surface area contributed by atoms with Crippen molar-refractivity contribution in [3.63, 3.8) is 0 Å². The Labute approximate surface area is 178 Å². The molecule has 0 unspecified atom stereocenters. The molecule has 0 radical (unpaired) electrons. The number of hydrogen-bond acceptors (Lipinski definition) is 4. The molecule has 0 aromatic heterocycles. The molecule has 3 aromatic carbocycles. The molecule has 4 nitrogen and oxygen atoms in total. The van der Waals surface area contributed by atoms with Crippen molar-refractivity contribution in [2.75, 3.05) is 19.3 Å². The van der Waals surface area contributed by atoms with Crippen molar-refractivity contribution < 1.29 is 18.7 Å². The van der Waals surface area contributed by atoms with Gasteiger partial charge in [-0.3, -0.25) is 0 Å². The molecule has 30 heavy (non-hydrogen) atoms. The van der Waals surface area contributed by atoms with Crippen LogP contribution in [0.15, 0.2) is 72.8 Å². The van der Waals surface area contributed by atoms with E-state index in [0.29, 0.717) is 29.4 Å². The number of amides is 1. The summed E-state index contributed by atoms with van der Waals surface area (Å²) in [6, 6.07) is 21.2. The van der Waals surface area contributed by atoms with Gasteiger partial charge in [-0.05, 0) is 42.5 Å². The molecule has 3 aromatic rings. The Morgan fingerprint density at radius 2 is 1.80 bits per heavy atom. The maximum atomic E-state index is 13.9. The first-order valence-electron chi connectivity index (χ1n) is 9.49. The van der Waals surface area contributed by atoms with E-state index in [1.54, 1.807) is 37.0 Å². The molecule has 0 atom stereocenters. The lowest BCUT2D eigenvalue weighted by molar-refractivity contribution is 0.165. The third-order valence-corrected chi connectivity index (χ3v) is 5.61. The summed E-state index contributed by atoms with van der Waals surface area (Å²) >= 11 is 1.54. The van der Waals surface area contributed by atoms with Gasteiger partial charge < -0.3 is 14.4 Å². The number of halogens is 1. The van der Waals surface area contributed by atoms with E-state index in [1.165, 1.54) is 17.0 Å². The number of thioether (sulfide) groups is 1. The lowest BCUT2D eigenvalue weighted by Crippen LogP contribution is -2.31. The molecule has 0 N–H and O–H groups in total. The highest BCUT2D eigenvalue weighted by Crippen LogP contribution is 2.42. The number of carbonyl (C=O) groups excluding carboxylic acids is 1. The van der Waals surface area contributed by atoms with E-state index in [2.05, 4.69) is 0 Å². The third-order valence-electron chi connectivity index (χ3n) is 4.58. The normalized spacial score (nSPS) is 12.0. The zero-order valence-electron chi connectivity index (χ0n) is 16.4. The van der Waals surface area contributed by atoms with Gasteiger partial charge in [0.1, 0.15) is 23.1 Å². The summed E-state index contributed by atoms with van der Waals surface area (Å²) in [7, 11) is 1.69. The fourth-order valence-corrected chi connectivity index (χ4v) is 4.09. The van der Waals surface area contributed by atoms with Gasteiger partial charge in [-0.2, -0.15) is 0 Å². The van der Waals surface area contributed by atoms with E-state index in [0.717, 1.165) is 16.2 Å². The first kappa shape index (κ1) is 20.0. The summed E-state index contributed by atoms with van der Waals surface area (Å²) in [6.45, 7) is 0.473. The summed E-state index contributed by atoms with van der Waals surface area (Å²) in [5.74, 6) is 2.14. The number of fused-ring (bicyclic) bond motifs is 2. The Balaban J connectivity index is 1.46. The highest BCUT2D eigenvalue weighted by atomic mass is 32.2. The summed E-state index contributed by atoms with van der Waals surface area (Å²) in [6.07, 6.45) is 1.57. The summed E-state index contributed by atoms with van der Waals surface area (Å²) in [5.41, 5.74) is 1.62. The van der Waals surface area contributed by atoms with Crippen LogP contribution in [0.3, 0.4) is 0 Å². The second-order valence-electron chi connectivity index (χ2n) is 6.74. The van der Waals surface area contributed by atoms with E-state index in [1.807, 2.05) is 48.5 Å². The first-order valence-corrected chi connectivity index (χ1v) is 10.5. The molecule has 1 heterocycles. The number of nitrogens with zero attached hydrogens (tertiary/aromatic N) is 1. The minimum absolute atomic E-state index is 0.321. The Hall–Kier alpha value is -3.25. The molecule has 0 spiro atoms. The van der Waals surface area contributed by atoms with Crippen molar-refractivity contribution in [3.05, 3.63) is 89.7 Å². The molecule has 1 aliphatic heterocycles. The van der Waals surface area contributed by atoms with Crippen LogP contribution in [-0.2, 0) is 0 Å². The zero-order valence-corrected chi connectivity index (χ0v) is 17.2. The van der Waals surface area contributed by atoms with Gasteiger partial charge in [-0.1, -0.05) is 36.4 Å². The van der Waals surface area contributed by atoms with Crippen LogP contribution in [0.2, 0.25) is 0 Å². The van der Waals surface area contributed by atoms with Crippen molar-refractivity contribution in [1.29, 1.82) is 0 Å². The van der Waals surface area contributed by atoms with Gasteiger partial charge in [0.25, 0.3) is 0 Å². The quantitative estimate of drug-likeness (QED) is 0.485. The minimum Gasteiger partial charge on any atom is -0.456 e. The Morgan fingerprint density at radius 3 is 2.63 bits per heavy atom. The third kappa shape index (κ3) is 4.66. The predicted molar refractivity (Wildman–Crippen MR) is 118 cm³/mol. The highest BCUT2D eigenvalue weighted by molar-refractivity contribution is 8.08. The van der Waals surface area contributed by atoms with Crippen LogP contribution < -0.4 is 9.47 Å². The minimum atomic E-state index is -0.420. The van der Waals surface area contributed by atoms with Gasteiger partial charge in [0.2, 0.25) is 0 Å². The number of carbonyl (C=O) groups is 1. The highest BCUT2D eigenvalue weighted by Gasteiger charge is 2.18. The Kier molecular flexibility index (Phi) is 6.05. The average molecular weight is 421 g/mol. The van der Waals surface area contributed by atoms with Crippen LogP contribution in [0.1, 0.15) is 11.1 Å². The molecule has 152 valence electrons. The van der Waals surface area contributed by atoms with Crippen LogP contribution >= 0.6 is 11.8 Å². The van der Waals surface area contributed by atoms with Gasteiger partial charge in [-0.15, -0.1) is 11.8 Å². The van der Waals surface area contributed by atoms with Gasteiger partial charge in [0, 0.05) is 35.4 Å². The molecule has 0 saturated carbocycles. The zero-order chi connectivity index (χ0) is 20.9. The van der Waals surface area contributed by atoms with Crippen molar-refractivity contribution >= 4 is 28.8 Å². The van der Waals surface area contributed by atoms with Crippen LogP contribution in [0.4, 0.5) is 9.18 Å². The molecule has 0 saturated heterocycles. The number of benzene rings is 3. The molecule has 0 aliphatic carbocycles. The second-order valence-corrected chi connectivity index (χ2v) is 7.88. The van der Waals surface area contributed by atoms with Gasteiger partial charge in [0.15, 0.2) is 0 Å². The lowest BCUT2D eigenvalue weighted by Gasteiger charge is -2.17. The molecular weight excluding hydrogens is 401 g/mol. The lowest BCUT2D eigenvalue weighted by atomic mass is 10.1. The summed E-state index contributed by atoms with van der Waals surface area (Å²) in [4.78, 5) is 14.7. The smallest absolute Gasteiger partial charge is 0.414 e. The summed E-state index contributed by atoms with van der Waals surface area (Å²) in [5, 5.41) is 0. The van der Waals surface area contributed by atoms with E-state index in [4.69, 9.17) is 9.47 Å². The van der Waals surface area contributed by atoms with E-state index in [9.17, 15) is 9.18 Å². The first-order chi connectivity index (χ1) is 14.6. The Morgan fingerprint density at radius 1 is 1.03 bits per heavy atom. The SMILES string of the molecule is CN(CCSC1=Cc2ccccc2Oc2ccc(F)cc21)C(=O)Oc1ccccc1. The molecule has 1 aliphatic rings. The molecular formula is C24H20FNO3S. The standard InChI is InChI=1S/C24H20FNO3S/c1-26(24(27)28-19-8-3-2-4-9-19)13-14-30-23-15-17-7-5-6-10-21(17)29-22-12-11-18(25)16-20(22)23/h2-12,15-16H,13-14H2,1H3. The van der Waals surface area contributed by atoms with E-state index >= 15 is 0 Å². The molecule has 6 heteroatoms. The maximum Gasteiger partial charge on any atom is 0.414 e. The van der Waals surface area contributed by atoms with Gasteiger partial charge in [-0.25, -0.2) is 9.18 Å². The monoisotopic (exact) mass is 421 g/mol. The predicted octanol–water partition coefficient (Wildman–Crippen LogP) is 6.29. The van der Waals surface area contributed by atoms with Crippen LogP contribution in [0.25, 0.3) is 11.0 Å². The second kappa shape index (κ2) is 9.05. The maximum absolute atomic E-state index is 13.9. The number of hydrogen-bond donors (Lipinski definition) is 0. The molecule has 1 amide bonds. The van der Waals surface area contributed by atoms with Crippen LogP contribution in [0.5, 0.6) is 17.2 Å². The average Bonchev–Trinajstić information content (AvgIpc) is 2.91. The van der Waals surface area contributed by atoms with E-state index in [-0.39, 0.29) is 5.82 Å².